The van der Waals surface area contributed by atoms with Crippen molar-refractivity contribution in [3.63, 3.8) is 0 Å². The molecule has 52 valence electrons. The van der Waals surface area contributed by atoms with Crippen LogP contribution in [0.1, 0.15) is 0 Å². The molecule has 0 aromatic rings. The van der Waals surface area contributed by atoms with Gasteiger partial charge in [0.25, 0.3) is 6.43 Å². The lowest BCUT2D eigenvalue weighted by Gasteiger charge is -2.14. The Morgan fingerprint density at radius 1 is 1.67 bits per heavy atom. The minimum absolute atomic E-state index is 0.263. The molecule has 0 bridgehead atoms. The van der Waals surface area contributed by atoms with Crippen molar-refractivity contribution in [3.05, 3.63) is 12.0 Å². The lowest BCUT2D eigenvalue weighted by atomic mass is 10.5. The molecule has 4 heteroatoms. The van der Waals surface area contributed by atoms with Crippen LogP contribution in [-0.4, -0.2) is 19.6 Å². The molecule has 1 N–H and O–H groups in total. The Kier molecular flexibility index (Phi) is 1.87. The summed E-state index contributed by atoms with van der Waals surface area (Å²) >= 11 is 0. The van der Waals surface area contributed by atoms with Crippen molar-refractivity contribution in [2.45, 2.75) is 6.43 Å². The van der Waals surface area contributed by atoms with Crippen LogP contribution in [0.15, 0.2) is 12.0 Å². The molecule has 0 aromatic heterocycles. The molecule has 0 unspecified atom stereocenters. The normalized spacial score (nSPS) is 18.3. The summed E-state index contributed by atoms with van der Waals surface area (Å²) in [6, 6.07) is 0. The summed E-state index contributed by atoms with van der Waals surface area (Å²) in [5, 5.41) is 2.65. The minimum atomic E-state index is -2.49. The lowest BCUT2D eigenvalue weighted by molar-refractivity contribution is 0.0748. The van der Waals surface area contributed by atoms with Gasteiger partial charge in [0.05, 0.1) is 0 Å². The van der Waals surface area contributed by atoms with Crippen LogP contribution in [0.25, 0.3) is 0 Å². The third-order valence-electron chi connectivity index (χ3n) is 0.975. The minimum Gasteiger partial charge on any atom is -0.489 e. The Bertz CT molecular complexity index is 124. The third-order valence-corrected chi connectivity index (χ3v) is 0.975. The summed E-state index contributed by atoms with van der Waals surface area (Å²) in [6.07, 6.45) is -1.29. The summed E-state index contributed by atoms with van der Waals surface area (Å²) in [6.45, 7) is 0.937. The highest BCUT2D eigenvalue weighted by molar-refractivity contribution is 4.96. The maximum Gasteiger partial charge on any atom is 0.296 e. The molecule has 1 heterocycles. The predicted molar refractivity (Wildman–Crippen MR) is 28.0 cm³/mol. The van der Waals surface area contributed by atoms with Crippen LogP contribution in [0.2, 0.25) is 0 Å². The van der Waals surface area contributed by atoms with Crippen molar-refractivity contribution in [2.24, 2.45) is 0 Å². The summed E-state index contributed by atoms with van der Waals surface area (Å²) in [5.74, 6) is -0.263. The Balaban J connectivity index is 2.46. The second-order valence-electron chi connectivity index (χ2n) is 1.65. The summed E-state index contributed by atoms with van der Waals surface area (Å²) < 4.78 is 28.0. The van der Waals surface area contributed by atoms with Crippen LogP contribution >= 0.6 is 0 Å². The van der Waals surface area contributed by atoms with E-state index in [1.165, 1.54) is 6.20 Å². The second kappa shape index (κ2) is 2.66. The SMILES string of the molecule is FC(F)C1=CNCCO1. The van der Waals surface area contributed by atoms with Gasteiger partial charge in [-0.25, -0.2) is 8.78 Å². The van der Waals surface area contributed by atoms with Gasteiger partial charge in [0.2, 0.25) is 0 Å². The Hall–Kier alpha value is -0.800. The fourth-order valence-electron chi connectivity index (χ4n) is 0.568. The van der Waals surface area contributed by atoms with Crippen LogP contribution in [0.3, 0.4) is 0 Å². The second-order valence-corrected chi connectivity index (χ2v) is 1.65. The van der Waals surface area contributed by atoms with E-state index in [9.17, 15) is 8.78 Å². The molecule has 0 aromatic carbocycles. The molecule has 0 saturated carbocycles. The van der Waals surface area contributed by atoms with Gasteiger partial charge in [-0.15, -0.1) is 0 Å². The van der Waals surface area contributed by atoms with E-state index in [4.69, 9.17) is 0 Å². The first kappa shape index (κ1) is 6.32. The molecule has 0 fully saturated rings. The summed E-state index contributed by atoms with van der Waals surface area (Å²) in [5.41, 5.74) is 0. The van der Waals surface area contributed by atoms with Crippen LogP contribution < -0.4 is 5.32 Å². The van der Waals surface area contributed by atoms with E-state index in [0.29, 0.717) is 13.2 Å². The molecule has 0 radical (unpaired) electrons. The summed E-state index contributed by atoms with van der Waals surface area (Å²) in [4.78, 5) is 0. The molecule has 0 amide bonds. The van der Waals surface area contributed by atoms with Crippen LogP contribution in [0, 0.1) is 0 Å². The van der Waals surface area contributed by atoms with Crippen molar-refractivity contribution in [1.82, 2.24) is 5.32 Å². The van der Waals surface area contributed by atoms with E-state index in [1.807, 2.05) is 0 Å². The first-order chi connectivity index (χ1) is 4.30. The average Bonchev–Trinajstić information content (AvgIpc) is 1.90. The smallest absolute Gasteiger partial charge is 0.296 e. The van der Waals surface area contributed by atoms with E-state index in [-0.39, 0.29) is 5.76 Å². The molecule has 2 nitrogen and oxygen atoms in total. The predicted octanol–water partition coefficient (Wildman–Crippen LogP) is 0.713. The van der Waals surface area contributed by atoms with E-state index < -0.39 is 6.43 Å². The molecule has 0 spiro atoms. The van der Waals surface area contributed by atoms with Gasteiger partial charge in [0.1, 0.15) is 6.61 Å². The first-order valence-corrected chi connectivity index (χ1v) is 2.65. The number of allylic oxidation sites excluding steroid dienone is 1. The lowest BCUT2D eigenvalue weighted by Crippen LogP contribution is -2.22. The molecule has 9 heavy (non-hydrogen) atoms. The number of alkyl halides is 2. The van der Waals surface area contributed by atoms with Gasteiger partial charge in [0, 0.05) is 12.7 Å². The van der Waals surface area contributed by atoms with Crippen molar-refractivity contribution in [1.29, 1.82) is 0 Å². The molecule has 0 atom stereocenters. The van der Waals surface area contributed by atoms with Crippen molar-refractivity contribution < 1.29 is 13.5 Å². The van der Waals surface area contributed by atoms with Crippen molar-refractivity contribution in [3.8, 4) is 0 Å². The summed E-state index contributed by atoms with van der Waals surface area (Å²) in [7, 11) is 0. The van der Waals surface area contributed by atoms with Gasteiger partial charge in [-0.05, 0) is 0 Å². The fourth-order valence-corrected chi connectivity index (χ4v) is 0.568. The van der Waals surface area contributed by atoms with E-state index in [0.717, 1.165) is 0 Å². The highest BCUT2D eigenvalue weighted by atomic mass is 19.3. The van der Waals surface area contributed by atoms with Crippen molar-refractivity contribution >= 4 is 0 Å². The van der Waals surface area contributed by atoms with Gasteiger partial charge < -0.3 is 10.1 Å². The number of halogens is 2. The zero-order valence-electron chi connectivity index (χ0n) is 4.73. The molecule has 0 aliphatic carbocycles. The van der Waals surface area contributed by atoms with E-state index in [2.05, 4.69) is 10.1 Å². The van der Waals surface area contributed by atoms with Gasteiger partial charge in [-0.1, -0.05) is 0 Å². The number of ether oxygens (including phenoxy) is 1. The molecule has 0 saturated heterocycles. The monoisotopic (exact) mass is 135 g/mol. The number of rotatable bonds is 1. The number of nitrogens with one attached hydrogen (secondary N) is 1. The van der Waals surface area contributed by atoms with Gasteiger partial charge in [-0.3, -0.25) is 0 Å². The van der Waals surface area contributed by atoms with Crippen LogP contribution in [-0.2, 0) is 4.74 Å². The molecular weight excluding hydrogens is 128 g/mol. The number of hydrogen-bond acceptors (Lipinski definition) is 2. The maximum atomic E-state index is 11.7. The Labute approximate surface area is 51.5 Å². The zero-order chi connectivity index (χ0) is 6.69. The average molecular weight is 135 g/mol. The van der Waals surface area contributed by atoms with Gasteiger partial charge >= 0.3 is 0 Å². The fraction of sp³-hybridized carbons (Fsp3) is 0.600. The highest BCUT2D eigenvalue weighted by Gasteiger charge is 2.13. The quantitative estimate of drug-likeness (QED) is 0.571. The highest BCUT2D eigenvalue weighted by Crippen LogP contribution is 2.10. The Morgan fingerprint density at radius 3 is 2.78 bits per heavy atom. The standard InChI is InChI=1S/C5H7F2NO/c6-5(7)4-3-8-1-2-9-4/h3,5,8H,1-2H2. The Morgan fingerprint density at radius 2 is 2.44 bits per heavy atom. The van der Waals surface area contributed by atoms with E-state index >= 15 is 0 Å². The molecule has 1 aliphatic heterocycles. The van der Waals surface area contributed by atoms with Gasteiger partial charge in [-0.2, -0.15) is 0 Å². The molecular formula is C5H7F2NO. The largest absolute Gasteiger partial charge is 0.489 e. The topological polar surface area (TPSA) is 21.3 Å². The molecule has 1 aliphatic rings. The first-order valence-electron chi connectivity index (χ1n) is 2.65. The van der Waals surface area contributed by atoms with Crippen molar-refractivity contribution in [2.75, 3.05) is 13.2 Å². The maximum absolute atomic E-state index is 11.7. The van der Waals surface area contributed by atoms with E-state index in [1.54, 1.807) is 0 Å². The molecule has 1 rings (SSSR count). The zero-order valence-corrected chi connectivity index (χ0v) is 4.73. The van der Waals surface area contributed by atoms with Crippen LogP contribution in [0.4, 0.5) is 8.78 Å². The van der Waals surface area contributed by atoms with Gasteiger partial charge in [0.15, 0.2) is 5.76 Å². The third kappa shape index (κ3) is 1.55. The number of hydrogen-bond donors (Lipinski definition) is 1. The van der Waals surface area contributed by atoms with Crippen LogP contribution in [0.5, 0.6) is 0 Å².